The van der Waals surface area contributed by atoms with Gasteiger partial charge in [0.05, 0.1) is 6.61 Å². The number of ether oxygens (including phenoxy) is 2. The smallest absolute Gasteiger partial charge is 0.408 e. The lowest BCUT2D eigenvalue weighted by atomic mass is 9.86. The summed E-state index contributed by atoms with van der Waals surface area (Å²) in [6.07, 6.45) is 0.241. The summed E-state index contributed by atoms with van der Waals surface area (Å²) in [6, 6.07) is 6.46. The summed E-state index contributed by atoms with van der Waals surface area (Å²) in [7, 11) is 0. The highest BCUT2D eigenvalue weighted by Gasteiger charge is 2.34. The number of benzene rings is 1. The van der Waals surface area contributed by atoms with Crippen LogP contribution in [0, 0.1) is 5.41 Å². The van der Waals surface area contributed by atoms with Crippen molar-refractivity contribution >= 4 is 23.7 Å². The molecular weight excluding hydrogens is 372 g/mol. The second-order valence-corrected chi connectivity index (χ2v) is 8.94. The number of carbonyl (C=O) groups is 3. The Morgan fingerprint density at radius 1 is 1.00 bits per heavy atom. The molecule has 0 fully saturated rings. The molecule has 2 amide bonds. The van der Waals surface area contributed by atoms with Crippen molar-refractivity contribution in [2.45, 2.75) is 73.0 Å². The average molecular weight is 407 g/mol. The van der Waals surface area contributed by atoms with E-state index in [2.05, 4.69) is 10.6 Å². The first-order valence-electron chi connectivity index (χ1n) is 9.87. The van der Waals surface area contributed by atoms with Crippen molar-refractivity contribution in [3.05, 3.63) is 29.8 Å². The lowest BCUT2D eigenvalue weighted by Gasteiger charge is -2.31. The number of nitrogens with one attached hydrogen (secondary N) is 2. The summed E-state index contributed by atoms with van der Waals surface area (Å²) in [5, 5.41) is 5.49. The Morgan fingerprint density at radius 3 is 2.07 bits per heavy atom. The number of rotatable bonds is 7. The number of hydrogen-bond acceptors (Lipinski definition) is 5. The number of amides is 2. The van der Waals surface area contributed by atoms with Crippen molar-refractivity contribution in [3.63, 3.8) is 0 Å². The largest absolute Gasteiger partial charge is 0.466 e. The van der Waals surface area contributed by atoms with Crippen LogP contribution < -0.4 is 10.6 Å². The summed E-state index contributed by atoms with van der Waals surface area (Å²) in [5.74, 6) is -0.561. The van der Waals surface area contributed by atoms with Gasteiger partial charge in [0.15, 0.2) is 0 Å². The molecule has 0 bridgehead atoms. The van der Waals surface area contributed by atoms with Crippen molar-refractivity contribution < 1.29 is 23.9 Å². The number of anilines is 1. The zero-order valence-electron chi connectivity index (χ0n) is 18.5. The Morgan fingerprint density at radius 2 is 1.59 bits per heavy atom. The minimum Gasteiger partial charge on any atom is -0.466 e. The van der Waals surface area contributed by atoms with Crippen LogP contribution in [0.2, 0.25) is 0 Å². The predicted octanol–water partition coefficient (Wildman–Crippen LogP) is 4.06. The summed E-state index contributed by atoms with van der Waals surface area (Å²) in [5.41, 5.74) is 0.411. The summed E-state index contributed by atoms with van der Waals surface area (Å²) in [4.78, 5) is 36.4. The van der Waals surface area contributed by atoms with Crippen molar-refractivity contribution in [3.8, 4) is 0 Å². The molecular formula is C22H34N2O5. The normalized spacial score (nSPS) is 12.7. The zero-order valence-corrected chi connectivity index (χ0v) is 18.5. The second-order valence-electron chi connectivity index (χ2n) is 8.94. The molecule has 0 heterocycles. The van der Waals surface area contributed by atoms with E-state index in [1.54, 1.807) is 39.8 Å². The van der Waals surface area contributed by atoms with Crippen LogP contribution in [0.1, 0.15) is 60.5 Å². The van der Waals surface area contributed by atoms with Gasteiger partial charge in [-0.05, 0) is 57.2 Å². The van der Waals surface area contributed by atoms with E-state index < -0.39 is 23.2 Å². The number of hydrogen-bond donors (Lipinski definition) is 2. The molecule has 7 heteroatoms. The van der Waals surface area contributed by atoms with Gasteiger partial charge < -0.3 is 20.1 Å². The molecule has 0 aliphatic rings. The highest BCUT2D eigenvalue weighted by Crippen LogP contribution is 2.22. The second kappa shape index (κ2) is 10.3. The van der Waals surface area contributed by atoms with E-state index in [1.807, 2.05) is 32.9 Å². The highest BCUT2D eigenvalue weighted by molar-refractivity contribution is 5.97. The molecule has 1 aromatic rings. The van der Waals surface area contributed by atoms with E-state index in [0.717, 1.165) is 5.56 Å². The van der Waals surface area contributed by atoms with Crippen molar-refractivity contribution in [1.29, 1.82) is 0 Å². The standard InChI is InChI=1S/C22H34N2O5/c1-8-28-17(25)14-11-15-9-12-16(13-10-15)23-19(26)18(21(2,3)4)24-20(27)29-22(5,6)7/h9-10,12-13,18H,8,11,14H2,1-7H3,(H,23,26)(H,24,27)/t18-/m0/s1. The zero-order chi connectivity index (χ0) is 22.2. The monoisotopic (exact) mass is 406 g/mol. The molecule has 1 aromatic carbocycles. The predicted molar refractivity (Wildman–Crippen MR) is 113 cm³/mol. The molecule has 0 saturated heterocycles. The summed E-state index contributed by atoms with van der Waals surface area (Å²) < 4.78 is 10.2. The van der Waals surface area contributed by atoms with Crippen LogP contribution in [0.4, 0.5) is 10.5 Å². The molecule has 2 N–H and O–H groups in total. The van der Waals surface area contributed by atoms with Crippen LogP contribution in [0.25, 0.3) is 0 Å². The van der Waals surface area contributed by atoms with Gasteiger partial charge in [0.2, 0.25) is 5.91 Å². The summed E-state index contributed by atoms with van der Waals surface area (Å²) >= 11 is 0. The minimum atomic E-state index is -0.777. The third-order valence-electron chi connectivity index (χ3n) is 3.93. The number of carbonyl (C=O) groups excluding carboxylic acids is 3. The maximum atomic E-state index is 12.8. The van der Waals surface area contributed by atoms with Gasteiger partial charge >= 0.3 is 12.1 Å². The molecule has 0 saturated carbocycles. The molecule has 1 atom stereocenters. The van der Waals surface area contributed by atoms with E-state index in [1.165, 1.54) is 0 Å². The Bertz CT molecular complexity index is 699. The number of aryl methyl sites for hydroxylation is 1. The first-order valence-corrected chi connectivity index (χ1v) is 9.87. The van der Waals surface area contributed by atoms with Crippen LogP contribution in [0.15, 0.2) is 24.3 Å². The first kappa shape index (κ1) is 24.5. The fraction of sp³-hybridized carbons (Fsp3) is 0.591. The quantitative estimate of drug-likeness (QED) is 0.666. The van der Waals surface area contributed by atoms with E-state index >= 15 is 0 Å². The molecule has 7 nitrogen and oxygen atoms in total. The average Bonchev–Trinajstić information content (AvgIpc) is 2.57. The Kier molecular flexibility index (Phi) is 8.67. The fourth-order valence-corrected chi connectivity index (χ4v) is 2.55. The molecule has 0 aliphatic heterocycles. The molecule has 0 unspecified atom stereocenters. The van der Waals surface area contributed by atoms with Gasteiger partial charge in [-0.2, -0.15) is 0 Å². The molecule has 29 heavy (non-hydrogen) atoms. The first-order chi connectivity index (χ1) is 13.3. The lowest BCUT2D eigenvalue weighted by Crippen LogP contribution is -2.52. The van der Waals surface area contributed by atoms with Crippen LogP contribution >= 0.6 is 0 Å². The number of esters is 1. The van der Waals surface area contributed by atoms with Crippen molar-refractivity contribution in [1.82, 2.24) is 5.32 Å². The Hall–Kier alpha value is -2.57. The lowest BCUT2D eigenvalue weighted by molar-refractivity contribution is -0.143. The Balaban J connectivity index is 2.74. The van der Waals surface area contributed by atoms with Gasteiger partial charge in [0, 0.05) is 12.1 Å². The maximum Gasteiger partial charge on any atom is 0.408 e. The topological polar surface area (TPSA) is 93.7 Å². The van der Waals surface area contributed by atoms with Gasteiger partial charge in [-0.1, -0.05) is 32.9 Å². The van der Waals surface area contributed by atoms with E-state index in [0.29, 0.717) is 25.1 Å². The van der Waals surface area contributed by atoms with E-state index in [4.69, 9.17) is 9.47 Å². The van der Waals surface area contributed by atoms with Crippen LogP contribution in [-0.4, -0.2) is 36.2 Å². The maximum absolute atomic E-state index is 12.8. The van der Waals surface area contributed by atoms with E-state index in [9.17, 15) is 14.4 Å². The van der Waals surface area contributed by atoms with Gasteiger partial charge in [0.25, 0.3) is 0 Å². The molecule has 0 radical (unpaired) electrons. The third kappa shape index (κ3) is 9.45. The molecule has 0 aliphatic carbocycles. The van der Waals surface area contributed by atoms with Gasteiger partial charge in [0.1, 0.15) is 11.6 Å². The summed E-state index contributed by atoms with van der Waals surface area (Å²) in [6.45, 7) is 13.0. The third-order valence-corrected chi connectivity index (χ3v) is 3.93. The molecule has 0 spiro atoms. The molecule has 162 valence electrons. The van der Waals surface area contributed by atoms with Gasteiger partial charge in [-0.25, -0.2) is 4.79 Å². The molecule has 1 rings (SSSR count). The minimum absolute atomic E-state index is 0.230. The van der Waals surface area contributed by atoms with Crippen LogP contribution in [0.3, 0.4) is 0 Å². The highest BCUT2D eigenvalue weighted by atomic mass is 16.6. The van der Waals surface area contributed by atoms with Gasteiger partial charge in [-0.15, -0.1) is 0 Å². The van der Waals surface area contributed by atoms with Gasteiger partial charge in [-0.3, -0.25) is 9.59 Å². The van der Waals surface area contributed by atoms with Crippen molar-refractivity contribution in [2.75, 3.05) is 11.9 Å². The molecule has 0 aromatic heterocycles. The van der Waals surface area contributed by atoms with Crippen LogP contribution in [0.5, 0.6) is 0 Å². The fourth-order valence-electron chi connectivity index (χ4n) is 2.55. The van der Waals surface area contributed by atoms with E-state index in [-0.39, 0.29) is 11.9 Å². The SMILES string of the molecule is CCOC(=O)CCc1ccc(NC(=O)[C@H](NC(=O)OC(C)(C)C)C(C)(C)C)cc1. The van der Waals surface area contributed by atoms with Crippen LogP contribution in [-0.2, 0) is 25.5 Å². The Labute approximate surface area is 173 Å². The number of alkyl carbamates (subject to hydrolysis) is 1. The van der Waals surface area contributed by atoms with Crippen molar-refractivity contribution in [2.24, 2.45) is 5.41 Å².